The zero-order chi connectivity index (χ0) is 28.8. The van der Waals surface area contributed by atoms with Gasteiger partial charge in [0.1, 0.15) is 51.2 Å². The van der Waals surface area contributed by atoms with E-state index in [2.05, 4.69) is 0 Å². The van der Waals surface area contributed by atoms with Crippen LogP contribution in [0.3, 0.4) is 0 Å². The van der Waals surface area contributed by atoms with E-state index in [1.165, 1.54) is 53.7 Å². The van der Waals surface area contributed by atoms with Crippen LogP contribution in [0.1, 0.15) is 70.0 Å². The molecule has 0 saturated carbocycles. The van der Waals surface area contributed by atoms with E-state index in [1.54, 1.807) is 6.92 Å². The average Bonchev–Trinajstić information content (AvgIpc) is 2.82. The molecular weight excluding hydrogens is 496 g/mol. The van der Waals surface area contributed by atoms with Crippen LogP contribution in [0.15, 0.2) is 12.1 Å². The van der Waals surface area contributed by atoms with Crippen LogP contribution >= 0.6 is 0 Å². The average molecular weight is 525 g/mol. The molecule has 3 aromatic carbocycles. The maximum atomic E-state index is 13.1. The number of carboxylic acid groups (broad SMARTS) is 1. The predicted molar refractivity (Wildman–Crippen MR) is 136 cm³/mol. The molecule has 0 bridgehead atoms. The van der Waals surface area contributed by atoms with Gasteiger partial charge in [-0.2, -0.15) is 0 Å². The molecule has 0 amide bonds. The van der Waals surface area contributed by atoms with Gasteiger partial charge in [-0.05, 0) is 82.9 Å². The molecule has 0 aliphatic carbocycles. The summed E-state index contributed by atoms with van der Waals surface area (Å²) in [5, 5.41) is 50.8. The molecular formula is C28H28O10. The molecule has 0 aromatic heterocycles. The summed E-state index contributed by atoms with van der Waals surface area (Å²) < 4.78 is 11.0. The number of aromatic carboxylic acids is 1. The van der Waals surface area contributed by atoms with Crippen LogP contribution in [-0.4, -0.2) is 43.4 Å². The summed E-state index contributed by atoms with van der Waals surface area (Å²) in [5.41, 5.74) is 0.514. The molecule has 10 nitrogen and oxygen atoms in total. The monoisotopic (exact) mass is 524 g/mol. The maximum absolute atomic E-state index is 13.1. The molecule has 200 valence electrons. The molecule has 0 aliphatic rings. The molecule has 10 heteroatoms. The smallest absolute Gasteiger partial charge is 0.347 e. The molecule has 0 heterocycles. The van der Waals surface area contributed by atoms with Gasteiger partial charge in [-0.1, -0.05) is 0 Å². The van der Waals surface area contributed by atoms with Crippen molar-refractivity contribution in [3.8, 4) is 34.5 Å². The second kappa shape index (κ2) is 9.97. The largest absolute Gasteiger partial charge is 0.508 e. The van der Waals surface area contributed by atoms with Crippen molar-refractivity contribution >= 4 is 17.9 Å². The number of aryl methyl sites for hydroxylation is 2. The molecule has 0 radical (unpaired) electrons. The number of carboxylic acids is 1. The Kier molecular flexibility index (Phi) is 7.30. The fraction of sp³-hybridized carbons (Fsp3) is 0.250. The normalized spacial score (nSPS) is 10.8. The molecule has 0 atom stereocenters. The number of hydrogen-bond acceptors (Lipinski definition) is 9. The Morgan fingerprint density at radius 3 is 1.66 bits per heavy atom. The fourth-order valence-electron chi connectivity index (χ4n) is 4.19. The van der Waals surface area contributed by atoms with Gasteiger partial charge in [-0.3, -0.25) is 0 Å². The molecule has 0 spiro atoms. The number of ether oxygens (including phenoxy) is 2. The van der Waals surface area contributed by atoms with Gasteiger partial charge in [-0.15, -0.1) is 0 Å². The van der Waals surface area contributed by atoms with E-state index >= 15 is 0 Å². The van der Waals surface area contributed by atoms with Crippen molar-refractivity contribution in [3.63, 3.8) is 0 Å². The summed E-state index contributed by atoms with van der Waals surface area (Å²) in [6.07, 6.45) is 0. The molecule has 5 N–H and O–H groups in total. The summed E-state index contributed by atoms with van der Waals surface area (Å²) in [5.74, 6) is -5.03. The number of benzene rings is 3. The van der Waals surface area contributed by atoms with Gasteiger partial charge in [0.25, 0.3) is 0 Å². The van der Waals surface area contributed by atoms with Crippen LogP contribution in [-0.2, 0) is 0 Å². The number of phenolic OH excluding ortho intramolecular Hbond substituents is 3. The van der Waals surface area contributed by atoms with Gasteiger partial charge in [0.2, 0.25) is 0 Å². The maximum Gasteiger partial charge on any atom is 0.347 e. The zero-order valence-corrected chi connectivity index (χ0v) is 21.9. The minimum absolute atomic E-state index is 0.0249. The lowest BCUT2D eigenvalue weighted by molar-refractivity contribution is 0.0689. The standard InChI is InChI=1S/C28H28O10/c1-10-8-17(29)14(5)22(30)20(10)27(35)38-25-13(4)12(3)21(24(32)16(25)7)28(36)37-18-9-11(2)19(26(33)34)23(31)15(18)6/h8-9,29-32H,1-7H3,(H,33,34). The Hall–Kier alpha value is -4.73. The van der Waals surface area contributed by atoms with Crippen molar-refractivity contribution in [1.82, 2.24) is 0 Å². The third kappa shape index (κ3) is 4.56. The van der Waals surface area contributed by atoms with Crippen LogP contribution in [0.25, 0.3) is 0 Å². The van der Waals surface area contributed by atoms with Crippen molar-refractivity contribution in [2.75, 3.05) is 0 Å². The van der Waals surface area contributed by atoms with E-state index in [-0.39, 0.29) is 67.3 Å². The van der Waals surface area contributed by atoms with Crippen LogP contribution < -0.4 is 9.47 Å². The minimum Gasteiger partial charge on any atom is -0.508 e. The Balaban J connectivity index is 2.03. The van der Waals surface area contributed by atoms with E-state index in [4.69, 9.17) is 9.47 Å². The summed E-state index contributed by atoms with van der Waals surface area (Å²) in [4.78, 5) is 37.5. The fourth-order valence-corrected chi connectivity index (χ4v) is 4.19. The van der Waals surface area contributed by atoms with E-state index in [1.807, 2.05) is 0 Å². The molecule has 0 fully saturated rings. The van der Waals surface area contributed by atoms with Gasteiger partial charge in [0.15, 0.2) is 0 Å². The SMILES string of the molecule is Cc1cc(O)c(C)c(O)c1C(=O)Oc1c(C)c(C)c(C(=O)Oc2cc(C)c(C(=O)O)c(O)c2C)c(O)c1C. The first-order chi connectivity index (χ1) is 17.6. The van der Waals surface area contributed by atoms with Gasteiger partial charge in [0.05, 0.1) is 0 Å². The Morgan fingerprint density at radius 2 is 1.08 bits per heavy atom. The molecule has 0 aliphatic heterocycles. The van der Waals surface area contributed by atoms with E-state index in [0.717, 1.165) is 0 Å². The van der Waals surface area contributed by atoms with Crippen LogP contribution in [0.4, 0.5) is 0 Å². The lowest BCUT2D eigenvalue weighted by Gasteiger charge is -2.19. The summed E-state index contributed by atoms with van der Waals surface area (Å²) in [7, 11) is 0. The summed E-state index contributed by atoms with van der Waals surface area (Å²) in [6.45, 7) is 10.3. The van der Waals surface area contributed by atoms with Crippen LogP contribution in [0.2, 0.25) is 0 Å². The number of phenols is 4. The Labute approximate surface area is 218 Å². The highest BCUT2D eigenvalue weighted by molar-refractivity contribution is 6.00. The van der Waals surface area contributed by atoms with Crippen LogP contribution in [0.5, 0.6) is 34.5 Å². The van der Waals surface area contributed by atoms with E-state index in [9.17, 15) is 39.9 Å². The first-order valence-electron chi connectivity index (χ1n) is 11.5. The molecule has 3 aromatic rings. The third-order valence-corrected chi connectivity index (χ3v) is 6.66. The number of carbonyl (C=O) groups is 3. The van der Waals surface area contributed by atoms with E-state index < -0.39 is 35.2 Å². The van der Waals surface area contributed by atoms with Gasteiger partial charge in [0, 0.05) is 16.7 Å². The van der Waals surface area contributed by atoms with Crippen molar-refractivity contribution in [2.24, 2.45) is 0 Å². The molecule has 0 unspecified atom stereocenters. The van der Waals surface area contributed by atoms with Gasteiger partial charge in [-0.25, -0.2) is 14.4 Å². The lowest BCUT2D eigenvalue weighted by Crippen LogP contribution is -2.16. The molecule has 0 saturated heterocycles. The minimum atomic E-state index is -1.34. The number of carbonyl (C=O) groups excluding carboxylic acids is 2. The van der Waals surface area contributed by atoms with Crippen molar-refractivity contribution in [3.05, 3.63) is 67.8 Å². The van der Waals surface area contributed by atoms with Crippen molar-refractivity contribution in [2.45, 2.75) is 48.5 Å². The van der Waals surface area contributed by atoms with Crippen molar-refractivity contribution < 1.29 is 49.4 Å². The zero-order valence-electron chi connectivity index (χ0n) is 21.9. The Bertz CT molecular complexity index is 1500. The highest BCUT2D eigenvalue weighted by Gasteiger charge is 2.29. The van der Waals surface area contributed by atoms with E-state index in [0.29, 0.717) is 5.56 Å². The topological polar surface area (TPSA) is 171 Å². The lowest BCUT2D eigenvalue weighted by atomic mass is 9.96. The highest BCUT2D eigenvalue weighted by atomic mass is 16.5. The summed E-state index contributed by atoms with van der Waals surface area (Å²) in [6, 6.07) is 2.62. The second-order valence-corrected chi connectivity index (χ2v) is 9.11. The molecule has 38 heavy (non-hydrogen) atoms. The second-order valence-electron chi connectivity index (χ2n) is 9.11. The number of esters is 2. The number of aromatic hydroxyl groups is 4. The van der Waals surface area contributed by atoms with Crippen molar-refractivity contribution in [1.29, 1.82) is 0 Å². The third-order valence-electron chi connectivity index (χ3n) is 6.66. The number of hydrogen-bond donors (Lipinski definition) is 5. The first kappa shape index (κ1) is 27.9. The Morgan fingerprint density at radius 1 is 0.579 bits per heavy atom. The van der Waals surface area contributed by atoms with Crippen LogP contribution in [0, 0.1) is 48.5 Å². The first-order valence-corrected chi connectivity index (χ1v) is 11.5. The van der Waals surface area contributed by atoms with Gasteiger partial charge >= 0.3 is 17.9 Å². The quantitative estimate of drug-likeness (QED) is 0.230. The number of rotatable bonds is 5. The highest BCUT2D eigenvalue weighted by Crippen LogP contribution is 2.41. The molecule has 3 rings (SSSR count). The van der Waals surface area contributed by atoms with Gasteiger partial charge < -0.3 is 35.0 Å². The summed E-state index contributed by atoms with van der Waals surface area (Å²) >= 11 is 0. The predicted octanol–water partition coefficient (Wildman–Crippen LogP) is 4.80.